The highest BCUT2D eigenvalue weighted by Gasteiger charge is 2.42. The van der Waals surface area contributed by atoms with Crippen LogP contribution >= 0.6 is 0 Å². The van der Waals surface area contributed by atoms with Crippen molar-refractivity contribution in [3.8, 4) is 0 Å². The molecule has 0 saturated carbocycles. The van der Waals surface area contributed by atoms with Crippen molar-refractivity contribution in [2.75, 3.05) is 6.61 Å². The number of hydrogen-bond acceptors (Lipinski definition) is 2. The Balaban J connectivity index is 2.61. The standard InChI is InChI=1S/C9H13F3O2/c1-6(13)4-7-2-3-14-8(5-7)9(10,11)12/h4,6,8,13H,2-3,5H2,1H3/b7-4-. The summed E-state index contributed by atoms with van der Waals surface area (Å²) >= 11 is 0. The predicted octanol–water partition coefficient (Wildman–Crippen LogP) is 2.03. The molecule has 1 saturated heterocycles. The summed E-state index contributed by atoms with van der Waals surface area (Å²) in [6, 6.07) is 0. The highest BCUT2D eigenvalue weighted by molar-refractivity contribution is 5.08. The zero-order valence-electron chi connectivity index (χ0n) is 7.84. The summed E-state index contributed by atoms with van der Waals surface area (Å²) in [5.74, 6) is 0. The van der Waals surface area contributed by atoms with Crippen LogP contribution in [-0.2, 0) is 4.74 Å². The summed E-state index contributed by atoms with van der Waals surface area (Å²) in [6.07, 6.45) is -4.94. The van der Waals surface area contributed by atoms with Crippen LogP contribution in [-0.4, -0.2) is 30.1 Å². The highest BCUT2D eigenvalue weighted by Crippen LogP contribution is 2.32. The summed E-state index contributed by atoms with van der Waals surface area (Å²) in [4.78, 5) is 0. The van der Waals surface area contributed by atoms with Crippen LogP contribution in [0.1, 0.15) is 19.8 Å². The third-order valence-electron chi connectivity index (χ3n) is 2.03. The molecule has 1 N–H and O–H groups in total. The zero-order chi connectivity index (χ0) is 10.8. The summed E-state index contributed by atoms with van der Waals surface area (Å²) in [7, 11) is 0. The van der Waals surface area contributed by atoms with Crippen molar-refractivity contribution in [1.82, 2.24) is 0 Å². The fraction of sp³-hybridized carbons (Fsp3) is 0.778. The molecule has 1 heterocycles. The van der Waals surface area contributed by atoms with Crippen LogP contribution in [0.4, 0.5) is 13.2 Å². The van der Waals surface area contributed by atoms with Crippen LogP contribution in [0, 0.1) is 0 Å². The molecule has 1 aliphatic rings. The van der Waals surface area contributed by atoms with Crippen LogP contribution in [0.5, 0.6) is 0 Å². The van der Waals surface area contributed by atoms with E-state index >= 15 is 0 Å². The van der Waals surface area contributed by atoms with Crippen molar-refractivity contribution in [2.24, 2.45) is 0 Å². The SMILES string of the molecule is CC(O)/C=C1/CCOC(C(F)(F)F)C1. The summed E-state index contributed by atoms with van der Waals surface area (Å²) in [6.45, 7) is 1.59. The summed E-state index contributed by atoms with van der Waals surface area (Å²) in [5, 5.41) is 9.00. The highest BCUT2D eigenvalue weighted by atomic mass is 19.4. The first-order valence-electron chi connectivity index (χ1n) is 4.45. The van der Waals surface area contributed by atoms with Gasteiger partial charge in [0.25, 0.3) is 0 Å². The minimum absolute atomic E-state index is 0.0722. The minimum Gasteiger partial charge on any atom is -0.389 e. The van der Waals surface area contributed by atoms with Gasteiger partial charge >= 0.3 is 6.18 Å². The fourth-order valence-corrected chi connectivity index (χ4v) is 1.43. The van der Waals surface area contributed by atoms with E-state index in [4.69, 9.17) is 5.11 Å². The van der Waals surface area contributed by atoms with Gasteiger partial charge in [-0.2, -0.15) is 13.2 Å². The lowest BCUT2D eigenvalue weighted by Crippen LogP contribution is -2.35. The smallest absolute Gasteiger partial charge is 0.389 e. The maximum Gasteiger partial charge on any atom is 0.414 e. The van der Waals surface area contributed by atoms with Crippen LogP contribution in [0.2, 0.25) is 0 Å². The van der Waals surface area contributed by atoms with Crippen molar-refractivity contribution < 1.29 is 23.0 Å². The normalized spacial score (nSPS) is 29.2. The number of ether oxygens (including phenoxy) is 1. The van der Waals surface area contributed by atoms with Crippen molar-refractivity contribution in [3.05, 3.63) is 11.6 Å². The molecule has 0 bridgehead atoms. The van der Waals surface area contributed by atoms with E-state index in [2.05, 4.69) is 4.74 Å². The Morgan fingerprint density at radius 1 is 1.57 bits per heavy atom. The van der Waals surface area contributed by atoms with E-state index in [1.54, 1.807) is 0 Å². The van der Waals surface area contributed by atoms with Gasteiger partial charge in [-0.25, -0.2) is 0 Å². The molecule has 0 aromatic rings. The Labute approximate surface area is 80.4 Å². The van der Waals surface area contributed by atoms with Gasteiger partial charge in [0.15, 0.2) is 6.10 Å². The van der Waals surface area contributed by atoms with Gasteiger partial charge in [-0.15, -0.1) is 0 Å². The first-order chi connectivity index (χ1) is 6.39. The Kier molecular flexibility index (Phi) is 3.55. The molecule has 2 nitrogen and oxygen atoms in total. The summed E-state index contributed by atoms with van der Waals surface area (Å²) < 4.78 is 41.3. The van der Waals surface area contributed by atoms with E-state index in [0.29, 0.717) is 12.0 Å². The van der Waals surface area contributed by atoms with E-state index in [1.807, 2.05) is 0 Å². The van der Waals surface area contributed by atoms with Gasteiger partial charge < -0.3 is 9.84 Å². The maximum absolute atomic E-state index is 12.2. The Morgan fingerprint density at radius 2 is 2.21 bits per heavy atom. The summed E-state index contributed by atoms with van der Waals surface area (Å²) in [5.41, 5.74) is 0.619. The van der Waals surface area contributed by atoms with Crippen molar-refractivity contribution in [1.29, 1.82) is 0 Å². The molecule has 1 aliphatic heterocycles. The average molecular weight is 210 g/mol. The van der Waals surface area contributed by atoms with Gasteiger partial charge in [0.05, 0.1) is 12.7 Å². The van der Waals surface area contributed by atoms with Crippen LogP contribution in [0.3, 0.4) is 0 Å². The first-order valence-corrected chi connectivity index (χ1v) is 4.45. The molecular formula is C9H13F3O2. The molecule has 0 spiro atoms. The molecule has 2 unspecified atom stereocenters. The average Bonchev–Trinajstić information content (AvgIpc) is 2.01. The number of alkyl halides is 3. The van der Waals surface area contributed by atoms with Crippen LogP contribution in [0.25, 0.3) is 0 Å². The molecule has 14 heavy (non-hydrogen) atoms. The lowest BCUT2D eigenvalue weighted by atomic mass is 10.0. The number of aliphatic hydroxyl groups excluding tert-OH is 1. The van der Waals surface area contributed by atoms with Crippen LogP contribution < -0.4 is 0 Å². The molecule has 82 valence electrons. The molecule has 0 aromatic heterocycles. The molecule has 2 atom stereocenters. The Bertz CT molecular complexity index is 221. The minimum atomic E-state index is -4.31. The lowest BCUT2D eigenvalue weighted by Gasteiger charge is -2.27. The monoisotopic (exact) mass is 210 g/mol. The third kappa shape index (κ3) is 3.31. The van der Waals surface area contributed by atoms with E-state index in [-0.39, 0.29) is 13.0 Å². The van der Waals surface area contributed by atoms with Gasteiger partial charge in [-0.1, -0.05) is 11.6 Å². The van der Waals surface area contributed by atoms with Crippen molar-refractivity contribution in [3.63, 3.8) is 0 Å². The second-order valence-electron chi connectivity index (χ2n) is 3.42. The molecular weight excluding hydrogens is 197 g/mol. The maximum atomic E-state index is 12.2. The van der Waals surface area contributed by atoms with Gasteiger partial charge in [-0.3, -0.25) is 0 Å². The molecule has 0 amide bonds. The first kappa shape index (κ1) is 11.5. The quantitative estimate of drug-likeness (QED) is 0.671. The second-order valence-corrected chi connectivity index (χ2v) is 3.42. The molecule has 0 radical (unpaired) electrons. The lowest BCUT2D eigenvalue weighted by molar-refractivity contribution is -0.224. The molecule has 1 rings (SSSR count). The van der Waals surface area contributed by atoms with E-state index in [9.17, 15) is 13.2 Å². The van der Waals surface area contributed by atoms with Gasteiger partial charge in [-0.05, 0) is 13.3 Å². The van der Waals surface area contributed by atoms with Gasteiger partial charge in [0.2, 0.25) is 0 Å². The largest absolute Gasteiger partial charge is 0.414 e. The van der Waals surface area contributed by atoms with E-state index < -0.39 is 18.4 Å². The topological polar surface area (TPSA) is 29.5 Å². The molecule has 5 heteroatoms. The Morgan fingerprint density at radius 3 is 2.71 bits per heavy atom. The second kappa shape index (κ2) is 4.31. The molecule has 0 aromatic carbocycles. The number of halogens is 3. The van der Waals surface area contributed by atoms with E-state index in [1.165, 1.54) is 13.0 Å². The Hall–Kier alpha value is -0.550. The number of aliphatic hydroxyl groups is 1. The zero-order valence-corrected chi connectivity index (χ0v) is 7.84. The predicted molar refractivity (Wildman–Crippen MR) is 44.8 cm³/mol. The van der Waals surface area contributed by atoms with Gasteiger partial charge in [0.1, 0.15) is 0 Å². The van der Waals surface area contributed by atoms with Crippen molar-refractivity contribution in [2.45, 2.75) is 38.1 Å². The molecule has 1 fully saturated rings. The van der Waals surface area contributed by atoms with E-state index in [0.717, 1.165) is 0 Å². The number of hydrogen-bond donors (Lipinski definition) is 1. The molecule has 0 aliphatic carbocycles. The number of rotatable bonds is 1. The van der Waals surface area contributed by atoms with Gasteiger partial charge in [0, 0.05) is 6.42 Å². The third-order valence-corrected chi connectivity index (χ3v) is 2.03. The van der Waals surface area contributed by atoms with Crippen molar-refractivity contribution >= 4 is 0 Å². The fourth-order valence-electron chi connectivity index (χ4n) is 1.43. The van der Waals surface area contributed by atoms with Crippen LogP contribution in [0.15, 0.2) is 11.6 Å².